The van der Waals surface area contributed by atoms with Gasteiger partial charge in [0, 0.05) is 0 Å². The second-order valence-corrected chi connectivity index (χ2v) is 2.59. The monoisotopic (exact) mass is 148 g/mol. The summed E-state index contributed by atoms with van der Waals surface area (Å²) >= 11 is 0. The summed E-state index contributed by atoms with van der Waals surface area (Å²) in [6, 6.07) is 0. The smallest absolute Gasteiger partial charge is 0.110 e. The Kier molecular flexibility index (Phi) is 2.25. The average molecular weight is 148 g/mol. The van der Waals surface area contributed by atoms with Gasteiger partial charge in [-0.15, -0.1) is 0 Å². The maximum Gasteiger partial charge on any atom is 0.110 e. The summed E-state index contributed by atoms with van der Waals surface area (Å²) in [5.41, 5.74) is 0. The van der Waals surface area contributed by atoms with Crippen LogP contribution < -0.4 is 0 Å². The molecule has 1 aliphatic heterocycles. The molecule has 60 valence electrons. The van der Waals surface area contributed by atoms with Gasteiger partial charge in [-0.1, -0.05) is 0 Å². The number of ether oxygens (including phenoxy) is 1. The van der Waals surface area contributed by atoms with Crippen LogP contribution in [0.4, 0.5) is 0 Å². The van der Waals surface area contributed by atoms with E-state index in [1.54, 1.807) is 6.92 Å². The number of aliphatic hydroxyl groups excluding tert-OH is 3. The van der Waals surface area contributed by atoms with Crippen molar-refractivity contribution in [1.29, 1.82) is 0 Å². The molecule has 1 rings (SSSR count). The Morgan fingerprint density at radius 1 is 1.20 bits per heavy atom. The van der Waals surface area contributed by atoms with Gasteiger partial charge in [0.05, 0.1) is 12.7 Å². The Balaban J connectivity index is 2.52. The molecule has 0 saturated carbocycles. The van der Waals surface area contributed by atoms with Crippen molar-refractivity contribution in [3.63, 3.8) is 0 Å². The Morgan fingerprint density at radius 2 is 1.80 bits per heavy atom. The Bertz CT molecular complexity index is 102. The van der Waals surface area contributed by atoms with Crippen LogP contribution in [-0.4, -0.2) is 46.3 Å². The molecule has 4 nitrogen and oxygen atoms in total. The predicted octanol–water partition coefficient (Wildman–Crippen LogP) is -1.51. The van der Waals surface area contributed by atoms with Crippen LogP contribution in [0.3, 0.4) is 0 Å². The molecule has 0 aromatic rings. The zero-order valence-electron chi connectivity index (χ0n) is 5.77. The molecule has 1 aliphatic rings. The molecule has 0 aromatic carbocycles. The molecule has 0 aliphatic carbocycles. The lowest BCUT2D eigenvalue weighted by Gasteiger charge is -2.33. The van der Waals surface area contributed by atoms with E-state index in [0.29, 0.717) is 0 Å². The van der Waals surface area contributed by atoms with Crippen molar-refractivity contribution in [2.45, 2.75) is 31.3 Å². The molecule has 10 heavy (non-hydrogen) atoms. The minimum Gasteiger partial charge on any atom is -0.388 e. The molecule has 4 heteroatoms. The first kappa shape index (κ1) is 7.94. The first-order valence-electron chi connectivity index (χ1n) is 3.28. The number of hydrogen-bond donors (Lipinski definition) is 3. The highest BCUT2D eigenvalue weighted by Gasteiger charge is 2.34. The van der Waals surface area contributed by atoms with Crippen molar-refractivity contribution in [2.75, 3.05) is 6.61 Å². The SMILES string of the molecule is CC1OC[C@@H](O)[C@H](O)[C@H]1O. The minimum atomic E-state index is -1.07. The number of aliphatic hydroxyl groups is 3. The first-order valence-corrected chi connectivity index (χ1v) is 3.28. The topological polar surface area (TPSA) is 69.9 Å². The Labute approximate surface area is 59.1 Å². The van der Waals surface area contributed by atoms with E-state index < -0.39 is 24.4 Å². The third-order valence-electron chi connectivity index (χ3n) is 1.75. The molecule has 0 aromatic heterocycles. The van der Waals surface area contributed by atoms with Gasteiger partial charge in [0.15, 0.2) is 0 Å². The maximum atomic E-state index is 9.08. The zero-order valence-corrected chi connectivity index (χ0v) is 5.77. The fourth-order valence-corrected chi connectivity index (χ4v) is 0.953. The van der Waals surface area contributed by atoms with Gasteiger partial charge in [-0.3, -0.25) is 0 Å². The molecule has 3 N–H and O–H groups in total. The van der Waals surface area contributed by atoms with Crippen LogP contribution in [0.1, 0.15) is 6.92 Å². The predicted molar refractivity (Wildman–Crippen MR) is 33.4 cm³/mol. The van der Waals surface area contributed by atoms with Crippen molar-refractivity contribution in [1.82, 2.24) is 0 Å². The molecule has 1 fully saturated rings. The quantitative estimate of drug-likeness (QED) is 0.390. The molecule has 0 amide bonds. The summed E-state index contributed by atoms with van der Waals surface area (Å²) in [5.74, 6) is 0. The molecular formula is C6H12O4. The first-order chi connectivity index (χ1) is 4.63. The van der Waals surface area contributed by atoms with Gasteiger partial charge >= 0.3 is 0 Å². The summed E-state index contributed by atoms with van der Waals surface area (Å²) in [6.45, 7) is 1.75. The second-order valence-electron chi connectivity index (χ2n) is 2.59. The molecule has 4 atom stereocenters. The van der Waals surface area contributed by atoms with Gasteiger partial charge in [-0.25, -0.2) is 0 Å². The molecule has 1 saturated heterocycles. The van der Waals surface area contributed by atoms with Gasteiger partial charge in [0.1, 0.15) is 18.3 Å². The van der Waals surface area contributed by atoms with Crippen LogP contribution in [0, 0.1) is 0 Å². The fourth-order valence-electron chi connectivity index (χ4n) is 0.953. The molecule has 0 bridgehead atoms. The van der Waals surface area contributed by atoms with E-state index in [4.69, 9.17) is 20.1 Å². The van der Waals surface area contributed by atoms with E-state index in [0.717, 1.165) is 0 Å². The van der Waals surface area contributed by atoms with Crippen LogP contribution in [0.2, 0.25) is 0 Å². The lowest BCUT2D eigenvalue weighted by atomic mass is 10.0. The number of rotatable bonds is 0. The van der Waals surface area contributed by atoms with E-state index in [2.05, 4.69) is 0 Å². The summed E-state index contributed by atoms with van der Waals surface area (Å²) in [4.78, 5) is 0. The molecule has 1 heterocycles. The van der Waals surface area contributed by atoms with Crippen molar-refractivity contribution >= 4 is 0 Å². The van der Waals surface area contributed by atoms with E-state index in [1.165, 1.54) is 0 Å². The Morgan fingerprint density at radius 3 is 2.30 bits per heavy atom. The third kappa shape index (κ3) is 1.29. The molecular weight excluding hydrogens is 136 g/mol. The summed E-state index contributed by atoms with van der Waals surface area (Å²) in [6.07, 6.45) is -3.38. The van der Waals surface area contributed by atoms with Crippen molar-refractivity contribution < 1.29 is 20.1 Å². The summed E-state index contributed by atoms with van der Waals surface area (Å²) in [5, 5.41) is 27.0. The van der Waals surface area contributed by atoms with Gasteiger partial charge in [-0.2, -0.15) is 0 Å². The fraction of sp³-hybridized carbons (Fsp3) is 1.00. The lowest BCUT2D eigenvalue weighted by Crippen LogP contribution is -2.51. The lowest BCUT2D eigenvalue weighted by molar-refractivity contribution is -0.181. The molecule has 1 unspecified atom stereocenters. The van der Waals surface area contributed by atoms with Crippen molar-refractivity contribution in [3.05, 3.63) is 0 Å². The van der Waals surface area contributed by atoms with Gasteiger partial charge in [-0.05, 0) is 6.92 Å². The van der Waals surface area contributed by atoms with E-state index in [-0.39, 0.29) is 6.61 Å². The zero-order chi connectivity index (χ0) is 7.72. The maximum absolute atomic E-state index is 9.08. The second kappa shape index (κ2) is 2.84. The van der Waals surface area contributed by atoms with Crippen molar-refractivity contribution in [2.24, 2.45) is 0 Å². The normalized spacial score (nSPS) is 49.2. The highest BCUT2D eigenvalue weighted by molar-refractivity contribution is 4.83. The summed E-state index contributed by atoms with van der Waals surface area (Å²) in [7, 11) is 0. The van der Waals surface area contributed by atoms with E-state index in [9.17, 15) is 0 Å². The van der Waals surface area contributed by atoms with Crippen molar-refractivity contribution in [3.8, 4) is 0 Å². The summed E-state index contributed by atoms with van der Waals surface area (Å²) < 4.78 is 4.91. The number of hydrogen-bond acceptors (Lipinski definition) is 4. The Hall–Kier alpha value is -0.160. The van der Waals surface area contributed by atoms with Gasteiger partial charge in [0.2, 0.25) is 0 Å². The third-order valence-corrected chi connectivity index (χ3v) is 1.75. The highest BCUT2D eigenvalue weighted by atomic mass is 16.5. The molecule has 0 radical (unpaired) electrons. The highest BCUT2D eigenvalue weighted by Crippen LogP contribution is 2.14. The van der Waals surface area contributed by atoms with Crippen LogP contribution in [-0.2, 0) is 4.74 Å². The van der Waals surface area contributed by atoms with Crippen LogP contribution in [0.15, 0.2) is 0 Å². The van der Waals surface area contributed by atoms with Crippen LogP contribution in [0.25, 0.3) is 0 Å². The van der Waals surface area contributed by atoms with E-state index >= 15 is 0 Å². The van der Waals surface area contributed by atoms with Crippen LogP contribution in [0.5, 0.6) is 0 Å². The largest absolute Gasteiger partial charge is 0.388 e. The van der Waals surface area contributed by atoms with Gasteiger partial charge in [0.25, 0.3) is 0 Å². The van der Waals surface area contributed by atoms with Gasteiger partial charge < -0.3 is 20.1 Å². The van der Waals surface area contributed by atoms with E-state index in [1.807, 2.05) is 0 Å². The standard InChI is InChI=1S/C6H12O4/c1-3-5(8)6(9)4(7)2-10-3/h3-9H,2H2,1H3/t3?,4-,5+,6+/m1/s1. The minimum absolute atomic E-state index is 0.0966. The molecule has 0 spiro atoms. The average Bonchev–Trinajstić information content (AvgIpc) is 1.93. The van der Waals surface area contributed by atoms with Crippen LogP contribution >= 0.6 is 0 Å².